The molecule has 2 amide bonds. The molecule has 0 spiro atoms. The van der Waals surface area contributed by atoms with Crippen LogP contribution in [0.25, 0.3) is 0 Å². The van der Waals surface area contributed by atoms with Gasteiger partial charge in [0.25, 0.3) is 0 Å². The number of nitrogens with one attached hydrogen (secondary N) is 1. The average Bonchev–Trinajstić information content (AvgIpc) is 3.15. The van der Waals surface area contributed by atoms with Crippen LogP contribution < -0.4 is 10.1 Å². The van der Waals surface area contributed by atoms with E-state index in [9.17, 15) is 9.59 Å². The van der Waals surface area contributed by atoms with Gasteiger partial charge in [-0.2, -0.15) is 0 Å². The molecule has 0 radical (unpaired) electrons. The molecule has 6 nitrogen and oxygen atoms in total. The summed E-state index contributed by atoms with van der Waals surface area (Å²) in [5, 5.41) is 3.01. The van der Waals surface area contributed by atoms with E-state index in [4.69, 9.17) is 9.47 Å². The molecule has 0 atom stereocenters. The van der Waals surface area contributed by atoms with Crippen LogP contribution in [0.4, 0.5) is 0 Å². The Morgan fingerprint density at radius 3 is 2.56 bits per heavy atom. The van der Waals surface area contributed by atoms with Crippen molar-refractivity contribution in [3.63, 3.8) is 0 Å². The van der Waals surface area contributed by atoms with Crippen LogP contribution in [0.3, 0.4) is 0 Å². The van der Waals surface area contributed by atoms with Crippen LogP contribution in [0.15, 0.2) is 24.3 Å². The first-order valence-electron chi connectivity index (χ1n) is 9.86. The Hall–Kier alpha value is -2.08. The highest BCUT2D eigenvalue weighted by Crippen LogP contribution is 2.44. The summed E-state index contributed by atoms with van der Waals surface area (Å²) in [7, 11) is 1.63. The Balaban J connectivity index is 1.56. The van der Waals surface area contributed by atoms with Gasteiger partial charge in [-0.1, -0.05) is 31.0 Å². The molecule has 27 heavy (non-hydrogen) atoms. The normalized spacial score (nSPS) is 18.9. The molecule has 2 fully saturated rings. The van der Waals surface area contributed by atoms with Crippen molar-refractivity contribution in [3.8, 4) is 5.75 Å². The monoisotopic (exact) mass is 374 g/mol. The van der Waals surface area contributed by atoms with Gasteiger partial charge in [0.1, 0.15) is 5.75 Å². The minimum absolute atomic E-state index is 0.0117. The maximum absolute atomic E-state index is 12.7. The van der Waals surface area contributed by atoms with Crippen LogP contribution in [-0.4, -0.2) is 50.1 Å². The molecular formula is C21H30N2O4. The van der Waals surface area contributed by atoms with E-state index in [1.807, 2.05) is 29.2 Å². The largest absolute Gasteiger partial charge is 0.496 e. The molecule has 0 aromatic heterocycles. The summed E-state index contributed by atoms with van der Waals surface area (Å²) in [6, 6.07) is 7.69. The Morgan fingerprint density at radius 1 is 1.15 bits per heavy atom. The highest BCUT2D eigenvalue weighted by molar-refractivity contribution is 5.80. The highest BCUT2D eigenvalue weighted by atomic mass is 16.5. The van der Waals surface area contributed by atoms with Crippen LogP contribution in [0, 0.1) is 5.41 Å². The molecule has 148 valence electrons. The van der Waals surface area contributed by atoms with Crippen molar-refractivity contribution in [1.29, 1.82) is 0 Å². The minimum Gasteiger partial charge on any atom is -0.496 e. The van der Waals surface area contributed by atoms with Crippen molar-refractivity contribution in [2.45, 2.75) is 45.1 Å². The van der Waals surface area contributed by atoms with E-state index in [1.54, 1.807) is 7.11 Å². The van der Waals surface area contributed by atoms with Crippen LogP contribution in [0.1, 0.15) is 44.1 Å². The molecule has 1 aliphatic carbocycles. The summed E-state index contributed by atoms with van der Waals surface area (Å²) >= 11 is 0. The van der Waals surface area contributed by atoms with E-state index in [0.29, 0.717) is 45.7 Å². The van der Waals surface area contributed by atoms with Gasteiger partial charge in [-0.3, -0.25) is 9.59 Å². The van der Waals surface area contributed by atoms with Gasteiger partial charge < -0.3 is 19.7 Å². The van der Waals surface area contributed by atoms with Crippen LogP contribution in [0.2, 0.25) is 0 Å². The van der Waals surface area contributed by atoms with E-state index in [2.05, 4.69) is 5.32 Å². The van der Waals surface area contributed by atoms with Gasteiger partial charge in [-0.05, 0) is 24.3 Å². The van der Waals surface area contributed by atoms with E-state index in [-0.39, 0.29) is 17.2 Å². The number of amides is 2. The zero-order chi connectivity index (χ0) is 19.1. The first-order chi connectivity index (χ1) is 13.1. The molecule has 1 heterocycles. The molecule has 1 saturated heterocycles. The molecule has 1 aliphatic heterocycles. The van der Waals surface area contributed by atoms with Crippen molar-refractivity contribution in [2.75, 3.05) is 33.4 Å². The highest BCUT2D eigenvalue weighted by Gasteiger charge is 2.39. The predicted octanol–water partition coefficient (Wildman–Crippen LogP) is 2.51. The molecule has 3 rings (SSSR count). The van der Waals surface area contributed by atoms with E-state index in [0.717, 1.165) is 37.0 Å². The van der Waals surface area contributed by atoms with Gasteiger partial charge in [0.15, 0.2) is 0 Å². The van der Waals surface area contributed by atoms with Crippen molar-refractivity contribution >= 4 is 11.8 Å². The lowest BCUT2D eigenvalue weighted by Crippen LogP contribution is -2.43. The SMILES string of the molecule is COc1ccccc1CNC(=O)CC1(CC(=O)N2CCOCC2)CCCC1. The molecule has 0 unspecified atom stereocenters. The maximum atomic E-state index is 12.7. The Morgan fingerprint density at radius 2 is 1.85 bits per heavy atom. The number of rotatable bonds is 7. The number of methoxy groups -OCH3 is 1. The summed E-state index contributed by atoms with van der Waals surface area (Å²) in [6.45, 7) is 2.98. The Bertz CT molecular complexity index is 649. The van der Waals surface area contributed by atoms with Gasteiger partial charge in [-0.15, -0.1) is 0 Å². The van der Waals surface area contributed by atoms with Gasteiger partial charge in [0.05, 0.1) is 20.3 Å². The fourth-order valence-electron chi connectivity index (χ4n) is 4.23. The van der Waals surface area contributed by atoms with Crippen LogP contribution >= 0.6 is 0 Å². The number of benzene rings is 1. The molecule has 1 aromatic carbocycles. The zero-order valence-corrected chi connectivity index (χ0v) is 16.2. The molecule has 1 aromatic rings. The molecule has 2 aliphatic rings. The topological polar surface area (TPSA) is 67.9 Å². The summed E-state index contributed by atoms with van der Waals surface area (Å²) in [5.41, 5.74) is 0.762. The van der Waals surface area contributed by atoms with Crippen molar-refractivity contribution < 1.29 is 19.1 Å². The van der Waals surface area contributed by atoms with Gasteiger partial charge in [-0.25, -0.2) is 0 Å². The quantitative estimate of drug-likeness (QED) is 0.796. The van der Waals surface area contributed by atoms with Gasteiger partial charge in [0, 0.05) is 38.0 Å². The van der Waals surface area contributed by atoms with Crippen LogP contribution in [-0.2, 0) is 20.9 Å². The van der Waals surface area contributed by atoms with Gasteiger partial charge >= 0.3 is 0 Å². The third-order valence-corrected chi connectivity index (χ3v) is 5.76. The fourth-order valence-corrected chi connectivity index (χ4v) is 4.23. The standard InChI is InChI=1S/C21H30N2O4/c1-26-18-7-3-2-6-17(18)16-22-19(24)14-21(8-4-5-9-21)15-20(25)23-10-12-27-13-11-23/h2-3,6-7H,4-5,8-16H2,1H3,(H,22,24). The van der Waals surface area contributed by atoms with Crippen LogP contribution in [0.5, 0.6) is 5.75 Å². The van der Waals surface area contributed by atoms with E-state index < -0.39 is 0 Å². The second kappa shape index (κ2) is 9.22. The molecule has 1 N–H and O–H groups in total. The number of carbonyl (C=O) groups is 2. The third kappa shape index (κ3) is 5.22. The number of para-hydroxylation sites is 1. The Kier molecular flexibility index (Phi) is 6.72. The second-order valence-corrected chi connectivity index (χ2v) is 7.64. The zero-order valence-electron chi connectivity index (χ0n) is 16.2. The number of nitrogens with zero attached hydrogens (tertiary/aromatic N) is 1. The lowest BCUT2D eigenvalue weighted by molar-refractivity contribution is -0.138. The number of morpholine rings is 1. The molecule has 6 heteroatoms. The summed E-state index contributed by atoms with van der Waals surface area (Å²) in [5.74, 6) is 0.950. The van der Waals surface area contributed by atoms with Crippen molar-refractivity contribution in [1.82, 2.24) is 10.2 Å². The van der Waals surface area contributed by atoms with Crippen molar-refractivity contribution in [3.05, 3.63) is 29.8 Å². The summed E-state index contributed by atoms with van der Waals surface area (Å²) < 4.78 is 10.7. The molecule has 0 bridgehead atoms. The molecular weight excluding hydrogens is 344 g/mol. The maximum Gasteiger partial charge on any atom is 0.223 e. The summed E-state index contributed by atoms with van der Waals surface area (Å²) in [4.78, 5) is 27.2. The third-order valence-electron chi connectivity index (χ3n) is 5.76. The average molecular weight is 374 g/mol. The first-order valence-corrected chi connectivity index (χ1v) is 9.86. The van der Waals surface area contributed by atoms with Crippen molar-refractivity contribution in [2.24, 2.45) is 5.41 Å². The van der Waals surface area contributed by atoms with E-state index in [1.165, 1.54) is 0 Å². The lowest BCUT2D eigenvalue weighted by atomic mass is 9.78. The Labute approximate surface area is 161 Å². The lowest BCUT2D eigenvalue weighted by Gasteiger charge is -2.33. The van der Waals surface area contributed by atoms with Gasteiger partial charge in [0.2, 0.25) is 11.8 Å². The van der Waals surface area contributed by atoms with E-state index >= 15 is 0 Å². The number of carbonyl (C=O) groups excluding carboxylic acids is 2. The summed E-state index contributed by atoms with van der Waals surface area (Å²) in [6.07, 6.45) is 4.97. The second-order valence-electron chi connectivity index (χ2n) is 7.64. The minimum atomic E-state index is -0.194. The predicted molar refractivity (Wildman–Crippen MR) is 102 cm³/mol. The number of hydrogen-bond acceptors (Lipinski definition) is 4. The number of ether oxygens (including phenoxy) is 2. The smallest absolute Gasteiger partial charge is 0.223 e. The fraction of sp³-hybridized carbons (Fsp3) is 0.619. The number of hydrogen-bond donors (Lipinski definition) is 1. The first kappa shape index (κ1) is 19.7. The molecule has 1 saturated carbocycles.